The third kappa shape index (κ3) is 3.34. The van der Waals surface area contributed by atoms with Crippen molar-refractivity contribution in [2.75, 3.05) is 10.8 Å². The summed E-state index contributed by atoms with van der Waals surface area (Å²) < 4.78 is 29.0. The van der Waals surface area contributed by atoms with Gasteiger partial charge in [0.15, 0.2) is 0 Å². The number of nitrogens with zero attached hydrogens (tertiary/aromatic N) is 5. The Morgan fingerprint density at radius 1 is 1.12 bits per heavy atom. The molecule has 3 aromatic rings. The van der Waals surface area contributed by atoms with Gasteiger partial charge in [0.25, 0.3) is 21.7 Å². The van der Waals surface area contributed by atoms with E-state index in [1.807, 2.05) is 26.8 Å². The van der Waals surface area contributed by atoms with E-state index in [9.17, 15) is 8.42 Å². The maximum absolute atomic E-state index is 13.1. The Balaban J connectivity index is 2.12. The van der Waals surface area contributed by atoms with Crippen molar-refractivity contribution in [2.24, 2.45) is 0 Å². The molecule has 132 valence electrons. The molecule has 25 heavy (non-hydrogen) atoms. The summed E-state index contributed by atoms with van der Waals surface area (Å²) in [4.78, 5) is 8.94. The number of rotatable bonds is 6. The molecule has 2 heterocycles. The van der Waals surface area contributed by atoms with Gasteiger partial charge in [-0.15, -0.1) is 5.10 Å². The molecule has 2 aromatic heterocycles. The fourth-order valence-electron chi connectivity index (χ4n) is 2.61. The standard InChI is InChI=1S/C17H21N5O2S/c1-4-5-11-21(25(23,24)15-9-7-6-8-10-15)17-19-16-18-13(2)12-14(3)22(16)20-17/h6-10,12H,4-5,11H2,1-3H3. The third-order valence-corrected chi connectivity index (χ3v) is 5.67. The molecular weight excluding hydrogens is 338 g/mol. The van der Waals surface area contributed by atoms with Gasteiger partial charge in [0.1, 0.15) is 0 Å². The average molecular weight is 359 g/mol. The lowest BCUT2D eigenvalue weighted by Gasteiger charge is -2.20. The molecule has 0 spiro atoms. The minimum absolute atomic E-state index is 0.151. The van der Waals surface area contributed by atoms with Gasteiger partial charge >= 0.3 is 0 Å². The Hall–Kier alpha value is -2.48. The molecule has 0 aliphatic heterocycles. The molecule has 0 amide bonds. The predicted molar refractivity (Wildman–Crippen MR) is 96.1 cm³/mol. The molecule has 7 nitrogen and oxygen atoms in total. The number of aryl methyl sites for hydroxylation is 2. The Labute approximate surface area is 147 Å². The maximum Gasteiger partial charge on any atom is 0.266 e. The van der Waals surface area contributed by atoms with Gasteiger partial charge in [-0.2, -0.15) is 9.50 Å². The normalized spacial score (nSPS) is 11.8. The summed E-state index contributed by atoms with van der Waals surface area (Å²) in [6.07, 6.45) is 1.58. The number of sulfonamides is 1. The van der Waals surface area contributed by atoms with Crippen LogP contribution in [0.15, 0.2) is 41.3 Å². The highest BCUT2D eigenvalue weighted by Gasteiger charge is 2.28. The van der Waals surface area contributed by atoms with Gasteiger partial charge in [-0.1, -0.05) is 31.5 Å². The summed E-state index contributed by atoms with van der Waals surface area (Å²) in [6.45, 7) is 6.10. The summed E-state index contributed by atoms with van der Waals surface area (Å²) >= 11 is 0. The highest BCUT2D eigenvalue weighted by Crippen LogP contribution is 2.22. The molecule has 0 saturated carbocycles. The summed E-state index contributed by atoms with van der Waals surface area (Å²) in [7, 11) is -3.73. The van der Waals surface area contributed by atoms with E-state index in [0.29, 0.717) is 18.7 Å². The third-order valence-electron chi connectivity index (χ3n) is 3.88. The smallest absolute Gasteiger partial charge is 0.232 e. The molecule has 8 heteroatoms. The second-order valence-corrected chi connectivity index (χ2v) is 7.77. The maximum atomic E-state index is 13.1. The van der Waals surface area contributed by atoms with Crippen LogP contribution < -0.4 is 4.31 Å². The van der Waals surface area contributed by atoms with Crippen LogP contribution in [0.2, 0.25) is 0 Å². The van der Waals surface area contributed by atoms with Gasteiger partial charge in [0.2, 0.25) is 0 Å². The van der Waals surface area contributed by atoms with Gasteiger partial charge in [-0.25, -0.2) is 17.7 Å². The number of fused-ring (bicyclic) bond motifs is 1. The van der Waals surface area contributed by atoms with Crippen LogP contribution in [-0.2, 0) is 10.0 Å². The van der Waals surface area contributed by atoms with E-state index in [1.165, 1.54) is 4.31 Å². The van der Waals surface area contributed by atoms with E-state index >= 15 is 0 Å². The van der Waals surface area contributed by atoms with Crippen LogP contribution in [0.5, 0.6) is 0 Å². The van der Waals surface area contributed by atoms with E-state index in [2.05, 4.69) is 15.1 Å². The monoisotopic (exact) mass is 359 g/mol. The molecule has 0 N–H and O–H groups in total. The second kappa shape index (κ2) is 6.79. The molecular formula is C17H21N5O2S. The Kier molecular flexibility index (Phi) is 4.71. The molecule has 0 saturated heterocycles. The van der Waals surface area contributed by atoms with E-state index < -0.39 is 10.0 Å². The highest BCUT2D eigenvalue weighted by molar-refractivity contribution is 7.92. The van der Waals surface area contributed by atoms with Gasteiger partial charge in [-0.3, -0.25) is 0 Å². The number of hydrogen-bond donors (Lipinski definition) is 0. The second-order valence-electron chi connectivity index (χ2n) is 5.91. The number of anilines is 1. The van der Waals surface area contributed by atoms with Gasteiger partial charge in [-0.05, 0) is 38.5 Å². The van der Waals surface area contributed by atoms with Crippen LogP contribution in [0.3, 0.4) is 0 Å². The first-order valence-corrected chi connectivity index (χ1v) is 9.66. The van der Waals surface area contributed by atoms with Crippen molar-refractivity contribution >= 4 is 21.7 Å². The zero-order valence-electron chi connectivity index (χ0n) is 14.5. The molecule has 0 bridgehead atoms. The van der Waals surface area contributed by atoms with Gasteiger partial charge in [0.05, 0.1) is 4.90 Å². The number of hydrogen-bond acceptors (Lipinski definition) is 5. The first kappa shape index (κ1) is 17.3. The Morgan fingerprint density at radius 3 is 2.52 bits per heavy atom. The first-order chi connectivity index (χ1) is 11.9. The van der Waals surface area contributed by atoms with Crippen molar-refractivity contribution in [1.82, 2.24) is 19.6 Å². The quantitative estimate of drug-likeness (QED) is 0.676. The van der Waals surface area contributed by atoms with Gasteiger partial charge in [0, 0.05) is 17.9 Å². The van der Waals surface area contributed by atoms with Crippen LogP contribution in [0.1, 0.15) is 31.2 Å². The van der Waals surface area contributed by atoms with Crippen molar-refractivity contribution in [2.45, 2.75) is 38.5 Å². The molecule has 0 radical (unpaired) electrons. The minimum Gasteiger partial charge on any atom is -0.232 e. The number of benzene rings is 1. The Morgan fingerprint density at radius 2 is 1.84 bits per heavy atom. The van der Waals surface area contributed by atoms with Crippen molar-refractivity contribution in [3.05, 3.63) is 47.8 Å². The van der Waals surface area contributed by atoms with Crippen molar-refractivity contribution in [3.8, 4) is 0 Å². The highest BCUT2D eigenvalue weighted by atomic mass is 32.2. The summed E-state index contributed by atoms with van der Waals surface area (Å²) in [5.74, 6) is 0.552. The van der Waals surface area contributed by atoms with Gasteiger partial charge < -0.3 is 0 Å². The summed E-state index contributed by atoms with van der Waals surface area (Å²) in [6, 6.07) is 10.2. The molecule has 0 fully saturated rings. The van der Waals surface area contributed by atoms with Crippen LogP contribution >= 0.6 is 0 Å². The number of unbranched alkanes of at least 4 members (excludes halogenated alkanes) is 1. The van der Waals surface area contributed by atoms with E-state index in [4.69, 9.17) is 0 Å². The van der Waals surface area contributed by atoms with E-state index in [1.54, 1.807) is 34.8 Å². The lowest BCUT2D eigenvalue weighted by molar-refractivity contribution is 0.587. The molecule has 3 rings (SSSR count). The summed E-state index contributed by atoms with van der Waals surface area (Å²) in [5, 5.41) is 4.39. The fraction of sp³-hybridized carbons (Fsp3) is 0.353. The first-order valence-electron chi connectivity index (χ1n) is 8.22. The Bertz CT molecular complexity index is 983. The SMILES string of the molecule is CCCCN(c1nc2nc(C)cc(C)n2n1)S(=O)(=O)c1ccccc1. The molecule has 0 aliphatic rings. The molecule has 0 atom stereocenters. The van der Waals surface area contributed by atoms with Crippen LogP contribution in [0.4, 0.5) is 5.95 Å². The molecule has 0 unspecified atom stereocenters. The zero-order valence-corrected chi connectivity index (χ0v) is 15.4. The van der Waals surface area contributed by atoms with Crippen molar-refractivity contribution in [3.63, 3.8) is 0 Å². The molecule has 0 aliphatic carbocycles. The van der Waals surface area contributed by atoms with Crippen LogP contribution in [0, 0.1) is 13.8 Å². The zero-order chi connectivity index (χ0) is 18.0. The van der Waals surface area contributed by atoms with Crippen molar-refractivity contribution in [1.29, 1.82) is 0 Å². The van der Waals surface area contributed by atoms with E-state index in [-0.39, 0.29) is 10.8 Å². The number of aromatic nitrogens is 4. The largest absolute Gasteiger partial charge is 0.266 e. The van der Waals surface area contributed by atoms with Crippen LogP contribution in [0.25, 0.3) is 5.78 Å². The molecule has 1 aromatic carbocycles. The van der Waals surface area contributed by atoms with Crippen LogP contribution in [-0.4, -0.2) is 34.5 Å². The minimum atomic E-state index is -3.73. The van der Waals surface area contributed by atoms with E-state index in [0.717, 1.165) is 17.8 Å². The lowest BCUT2D eigenvalue weighted by atomic mass is 10.3. The van der Waals surface area contributed by atoms with Crippen molar-refractivity contribution < 1.29 is 8.42 Å². The predicted octanol–water partition coefficient (Wildman–Crippen LogP) is 2.74. The topological polar surface area (TPSA) is 80.5 Å². The summed E-state index contributed by atoms with van der Waals surface area (Å²) in [5.41, 5.74) is 1.67. The fourth-order valence-corrected chi connectivity index (χ4v) is 4.03. The lowest BCUT2D eigenvalue weighted by Crippen LogP contribution is -2.33. The average Bonchev–Trinajstić information content (AvgIpc) is 2.99.